The van der Waals surface area contributed by atoms with Gasteiger partial charge in [-0.3, -0.25) is 5.10 Å². The lowest BCUT2D eigenvalue weighted by atomic mass is 10.1. The van der Waals surface area contributed by atoms with E-state index in [1.165, 1.54) is 12.1 Å². The number of urea groups is 1. The van der Waals surface area contributed by atoms with Gasteiger partial charge in [0.15, 0.2) is 5.82 Å². The number of H-pyrrole nitrogens is 1. The number of nitrogens with zero attached hydrogens (tertiary/aromatic N) is 3. The van der Waals surface area contributed by atoms with Gasteiger partial charge < -0.3 is 20.1 Å². The SMILES string of the molecule is CCc1nc(C2CN(C(=O)NCc3ccc(C(=O)O)cc3)CCO2)n[nH]1. The minimum atomic E-state index is -0.974. The van der Waals surface area contributed by atoms with E-state index in [4.69, 9.17) is 9.84 Å². The lowest BCUT2D eigenvalue weighted by Gasteiger charge is -2.31. The fourth-order valence-electron chi connectivity index (χ4n) is 2.66. The lowest BCUT2D eigenvalue weighted by molar-refractivity contribution is -0.0198. The number of aromatic nitrogens is 3. The standard InChI is InChI=1S/C17H21N5O4/c1-2-14-19-15(21-20-14)13-10-22(7-8-26-13)17(25)18-9-11-3-5-12(6-4-11)16(23)24/h3-6,13H,2,7-10H2,1H3,(H,18,25)(H,23,24)(H,19,20,21). The van der Waals surface area contributed by atoms with Crippen LogP contribution in [0.3, 0.4) is 0 Å². The number of rotatable bonds is 5. The fraction of sp³-hybridized carbons (Fsp3) is 0.412. The molecule has 1 fully saturated rings. The van der Waals surface area contributed by atoms with Crippen LogP contribution in [-0.4, -0.2) is 56.9 Å². The minimum absolute atomic E-state index is 0.202. The van der Waals surface area contributed by atoms with Gasteiger partial charge in [-0.25, -0.2) is 14.6 Å². The summed E-state index contributed by atoms with van der Waals surface area (Å²) >= 11 is 0. The molecular weight excluding hydrogens is 338 g/mol. The van der Waals surface area contributed by atoms with Crippen molar-refractivity contribution in [2.45, 2.75) is 26.0 Å². The number of nitrogens with one attached hydrogen (secondary N) is 2. The van der Waals surface area contributed by atoms with Gasteiger partial charge in [0.2, 0.25) is 0 Å². The zero-order valence-electron chi connectivity index (χ0n) is 14.4. The van der Waals surface area contributed by atoms with E-state index in [1.807, 2.05) is 6.92 Å². The van der Waals surface area contributed by atoms with Gasteiger partial charge in [-0.05, 0) is 17.7 Å². The number of aromatic carboxylic acids is 1. The highest BCUT2D eigenvalue weighted by Gasteiger charge is 2.28. The van der Waals surface area contributed by atoms with Gasteiger partial charge in [0, 0.05) is 19.5 Å². The summed E-state index contributed by atoms with van der Waals surface area (Å²) in [6.07, 6.45) is 0.408. The number of carbonyl (C=O) groups excluding carboxylic acids is 1. The molecule has 0 radical (unpaired) electrons. The quantitative estimate of drug-likeness (QED) is 0.741. The number of hydrogen-bond donors (Lipinski definition) is 3. The monoisotopic (exact) mass is 359 g/mol. The summed E-state index contributed by atoms with van der Waals surface area (Å²) < 4.78 is 5.68. The first kappa shape index (κ1) is 17.9. The second-order valence-corrected chi connectivity index (χ2v) is 5.96. The van der Waals surface area contributed by atoms with Crippen molar-refractivity contribution in [3.63, 3.8) is 0 Å². The molecule has 0 saturated carbocycles. The smallest absolute Gasteiger partial charge is 0.335 e. The number of amides is 2. The predicted molar refractivity (Wildman–Crippen MR) is 91.7 cm³/mol. The largest absolute Gasteiger partial charge is 0.478 e. The molecule has 1 aromatic heterocycles. The maximum absolute atomic E-state index is 12.4. The first-order chi connectivity index (χ1) is 12.6. The Morgan fingerprint density at radius 3 is 2.81 bits per heavy atom. The van der Waals surface area contributed by atoms with Crippen molar-refractivity contribution in [1.29, 1.82) is 0 Å². The van der Waals surface area contributed by atoms with Gasteiger partial charge in [0.05, 0.1) is 18.7 Å². The van der Waals surface area contributed by atoms with E-state index in [2.05, 4.69) is 20.5 Å². The van der Waals surface area contributed by atoms with E-state index in [0.717, 1.165) is 17.8 Å². The number of carbonyl (C=O) groups is 2. The molecule has 1 atom stereocenters. The van der Waals surface area contributed by atoms with Gasteiger partial charge in [0.25, 0.3) is 0 Å². The van der Waals surface area contributed by atoms with Crippen LogP contribution in [0.2, 0.25) is 0 Å². The molecule has 3 N–H and O–H groups in total. The maximum atomic E-state index is 12.4. The summed E-state index contributed by atoms with van der Waals surface area (Å²) in [5, 5.41) is 18.7. The number of carboxylic acids is 1. The average Bonchev–Trinajstić information content (AvgIpc) is 3.16. The molecule has 2 heterocycles. The Hall–Kier alpha value is -2.94. The lowest BCUT2D eigenvalue weighted by Crippen LogP contribution is -2.47. The molecule has 1 unspecified atom stereocenters. The van der Waals surface area contributed by atoms with Crippen molar-refractivity contribution < 1.29 is 19.4 Å². The molecule has 26 heavy (non-hydrogen) atoms. The van der Waals surface area contributed by atoms with Gasteiger partial charge >= 0.3 is 12.0 Å². The second-order valence-electron chi connectivity index (χ2n) is 5.96. The molecule has 3 rings (SSSR count). The minimum Gasteiger partial charge on any atom is -0.478 e. The summed E-state index contributed by atoms with van der Waals surface area (Å²) in [6.45, 7) is 3.59. The molecule has 1 saturated heterocycles. The molecule has 2 aromatic rings. The topological polar surface area (TPSA) is 120 Å². The Morgan fingerprint density at radius 2 is 2.15 bits per heavy atom. The average molecular weight is 359 g/mol. The summed E-state index contributed by atoms with van der Waals surface area (Å²) in [5.74, 6) is 0.372. The summed E-state index contributed by atoms with van der Waals surface area (Å²) in [4.78, 5) is 29.3. The zero-order chi connectivity index (χ0) is 18.5. The number of aromatic amines is 1. The number of ether oxygens (including phenoxy) is 1. The Balaban J connectivity index is 1.54. The molecule has 9 nitrogen and oxygen atoms in total. The molecular formula is C17H21N5O4. The summed E-state index contributed by atoms with van der Waals surface area (Å²) in [7, 11) is 0. The van der Waals surface area contributed by atoms with E-state index in [1.54, 1.807) is 17.0 Å². The number of hydrogen-bond acceptors (Lipinski definition) is 5. The van der Waals surface area contributed by atoms with Crippen LogP contribution in [0.15, 0.2) is 24.3 Å². The van der Waals surface area contributed by atoms with Crippen LogP contribution >= 0.6 is 0 Å². The van der Waals surface area contributed by atoms with Crippen molar-refractivity contribution >= 4 is 12.0 Å². The maximum Gasteiger partial charge on any atom is 0.335 e. The first-order valence-electron chi connectivity index (χ1n) is 8.44. The Bertz CT molecular complexity index is 774. The van der Waals surface area contributed by atoms with Crippen molar-refractivity contribution in [1.82, 2.24) is 25.4 Å². The van der Waals surface area contributed by atoms with Crippen LogP contribution in [0.4, 0.5) is 4.79 Å². The third-order valence-electron chi connectivity index (χ3n) is 4.17. The van der Waals surface area contributed by atoms with Gasteiger partial charge in [-0.15, -0.1) is 0 Å². The van der Waals surface area contributed by atoms with E-state index in [9.17, 15) is 9.59 Å². The van der Waals surface area contributed by atoms with Crippen LogP contribution in [0.25, 0.3) is 0 Å². The number of aryl methyl sites for hydroxylation is 1. The number of carboxylic acid groups (broad SMARTS) is 1. The Kier molecular flexibility index (Phi) is 5.47. The molecule has 2 amide bonds. The van der Waals surface area contributed by atoms with Crippen molar-refractivity contribution in [3.05, 3.63) is 47.0 Å². The van der Waals surface area contributed by atoms with Crippen LogP contribution in [0, 0.1) is 0 Å². The molecule has 0 spiro atoms. The Morgan fingerprint density at radius 1 is 1.38 bits per heavy atom. The van der Waals surface area contributed by atoms with Gasteiger partial charge in [0.1, 0.15) is 11.9 Å². The predicted octanol–water partition coefficient (Wildman–Crippen LogP) is 1.35. The molecule has 0 aliphatic carbocycles. The number of benzene rings is 1. The molecule has 138 valence electrons. The Labute approximate surface area is 150 Å². The van der Waals surface area contributed by atoms with Crippen LogP contribution in [-0.2, 0) is 17.7 Å². The summed E-state index contributed by atoms with van der Waals surface area (Å²) in [6, 6.07) is 6.20. The van der Waals surface area contributed by atoms with Crippen molar-refractivity contribution in [3.8, 4) is 0 Å². The molecule has 1 aliphatic heterocycles. The third-order valence-corrected chi connectivity index (χ3v) is 4.17. The highest BCUT2D eigenvalue weighted by molar-refractivity contribution is 5.87. The second kappa shape index (κ2) is 7.96. The zero-order valence-corrected chi connectivity index (χ0v) is 14.4. The van der Waals surface area contributed by atoms with E-state index in [-0.39, 0.29) is 17.7 Å². The molecule has 0 bridgehead atoms. The van der Waals surface area contributed by atoms with Crippen LogP contribution < -0.4 is 5.32 Å². The van der Waals surface area contributed by atoms with Gasteiger partial charge in [-0.2, -0.15) is 5.10 Å². The summed E-state index contributed by atoms with van der Waals surface area (Å²) in [5.41, 5.74) is 1.05. The highest BCUT2D eigenvalue weighted by Crippen LogP contribution is 2.19. The van der Waals surface area contributed by atoms with Crippen LogP contribution in [0.1, 0.15) is 40.6 Å². The fourth-order valence-corrected chi connectivity index (χ4v) is 2.66. The first-order valence-corrected chi connectivity index (χ1v) is 8.44. The van der Waals surface area contributed by atoms with Gasteiger partial charge in [-0.1, -0.05) is 19.1 Å². The highest BCUT2D eigenvalue weighted by atomic mass is 16.5. The van der Waals surface area contributed by atoms with Crippen molar-refractivity contribution in [2.75, 3.05) is 19.7 Å². The molecule has 1 aromatic carbocycles. The van der Waals surface area contributed by atoms with Crippen LogP contribution in [0.5, 0.6) is 0 Å². The molecule has 1 aliphatic rings. The number of morpholine rings is 1. The van der Waals surface area contributed by atoms with E-state index >= 15 is 0 Å². The third kappa shape index (κ3) is 4.17. The van der Waals surface area contributed by atoms with Crippen molar-refractivity contribution in [2.24, 2.45) is 0 Å². The van der Waals surface area contributed by atoms with E-state index < -0.39 is 5.97 Å². The van der Waals surface area contributed by atoms with E-state index in [0.29, 0.717) is 32.1 Å². The molecule has 9 heteroatoms. The normalized spacial score (nSPS) is 17.1.